The van der Waals surface area contributed by atoms with Gasteiger partial charge in [-0.3, -0.25) is 4.79 Å². The molecule has 76 valence electrons. The zero-order valence-corrected chi connectivity index (χ0v) is 8.23. The Labute approximate surface area is 86.9 Å². The van der Waals surface area contributed by atoms with Crippen molar-refractivity contribution in [3.05, 3.63) is 29.5 Å². The maximum atomic E-state index is 11.1. The standard InChI is InChI=1S/C12H11NO2/c14-7-10-9-6-8(15)3-4-12(9)13-5-1-2-11(10)13/h3-4,6-7,15H,1-2,5H2. The molecule has 3 rings (SSSR count). The van der Waals surface area contributed by atoms with Gasteiger partial charge in [0.2, 0.25) is 0 Å². The summed E-state index contributed by atoms with van der Waals surface area (Å²) in [4.78, 5) is 11.1. The number of hydrogen-bond donors (Lipinski definition) is 1. The van der Waals surface area contributed by atoms with Crippen LogP contribution in [0.25, 0.3) is 10.9 Å². The van der Waals surface area contributed by atoms with Gasteiger partial charge in [-0.25, -0.2) is 0 Å². The summed E-state index contributed by atoms with van der Waals surface area (Å²) < 4.78 is 2.18. The Hall–Kier alpha value is -1.77. The quantitative estimate of drug-likeness (QED) is 0.718. The van der Waals surface area contributed by atoms with Gasteiger partial charge < -0.3 is 9.67 Å². The van der Waals surface area contributed by atoms with Gasteiger partial charge in [0.1, 0.15) is 5.75 Å². The second kappa shape index (κ2) is 2.86. The SMILES string of the molecule is O=Cc1c2n(c3ccc(O)cc13)CCC2. The van der Waals surface area contributed by atoms with Crippen LogP contribution < -0.4 is 0 Å². The van der Waals surface area contributed by atoms with Gasteiger partial charge in [-0.2, -0.15) is 0 Å². The van der Waals surface area contributed by atoms with Crippen molar-refractivity contribution >= 4 is 17.2 Å². The molecule has 2 heterocycles. The first-order chi connectivity index (χ1) is 7.31. The molecular weight excluding hydrogens is 190 g/mol. The lowest BCUT2D eigenvalue weighted by Crippen LogP contribution is -1.91. The van der Waals surface area contributed by atoms with E-state index in [1.807, 2.05) is 6.07 Å². The van der Waals surface area contributed by atoms with Crippen LogP contribution >= 0.6 is 0 Å². The third-order valence-electron chi connectivity index (χ3n) is 3.11. The molecule has 0 fully saturated rings. The van der Waals surface area contributed by atoms with Crippen LogP contribution in [0.4, 0.5) is 0 Å². The lowest BCUT2D eigenvalue weighted by Gasteiger charge is -1.99. The molecule has 0 saturated carbocycles. The molecule has 0 saturated heterocycles. The predicted molar refractivity (Wildman–Crippen MR) is 57.3 cm³/mol. The van der Waals surface area contributed by atoms with Crippen LogP contribution in [0.3, 0.4) is 0 Å². The number of aromatic nitrogens is 1. The maximum Gasteiger partial charge on any atom is 0.152 e. The van der Waals surface area contributed by atoms with Gasteiger partial charge in [0.15, 0.2) is 6.29 Å². The van der Waals surface area contributed by atoms with Crippen molar-refractivity contribution in [3.63, 3.8) is 0 Å². The summed E-state index contributed by atoms with van der Waals surface area (Å²) in [5.74, 6) is 0.217. The van der Waals surface area contributed by atoms with E-state index in [0.717, 1.165) is 47.8 Å². The minimum atomic E-state index is 0.217. The summed E-state index contributed by atoms with van der Waals surface area (Å²) >= 11 is 0. The van der Waals surface area contributed by atoms with Crippen molar-refractivity contribution in [2.75, 3.05) is 0 Å². The number of fused-ring (bicyclic) bond motifs is 3. The number of aromatic hydroxyl groups is 1. The summed E-state index contributed by atoms with van der Waals surface area (Å²) in [5.41, 5.74) is 2.92. The molecule has 0 bridgehead atoms. The van der Waals surface area contributed by atoms with Gasteiger partial charge >= 0.3 is 0 Å². The van der Waals surface area contributed by atoms with Gasteiger partial charge in [-0.1, -0.05) is 0 Å². The summed E-state index contributed by atoms with van der Waals surface area (Å²) in [6.45, 7) is 0.977. The second-order valence-electron chi connectivity index (χ2n) is 3.93. The molecule has 0 spiro atoms. The first kappa shape index (κ1) is 8.53. The van der Waals surface area contributed by atoms with Gasteiger partial charge in [0.05, 0.1) is 0 Å². The number of aryl methyl sites for hydroxylation is 1. The molecule has 0 amide bonds. The van der Waals surface area contributed by atoms with Gasteiger partial charge in [0.25, 0.3) is 0 Å². The monoisotopic (exact) mass is 201 g/mol. The summed E-state index contributed by atoms with van der Waals surface area (Å²) in [7, 11) is 0. The average Bonchev–Trinajstić information content (AvgIpc) is 2.76. The first-order valence-electron chi connectivity index (χ1n) is 5.10. The predicted octanol–water partition coefficient (Wildman–Crippen LogP) is 2.11. The topological polar surface area (TPSA) is 42.2 Å². The van der Waals surface area contributed by atoms with Crippen molar-refractivity contribution in [2.45, 2.75) is 19.4 Å². The van der Waals surface area contributed by atoms with Crippen molar-refractivity contribution in [2.24, 2.45) is 0 Å². The molecule has 2 aromatic rings. The molecule has 1 aliphatic heterocycles. The van der Waals surface area contributed by atoms with Crippen molar-refractivity contribution in [1.82, 2.24) is 4.57 Å². The van der Waals surface area contributed by atoms with Crippen molar-refractivity contribution in [1.29, 1.82) is 0 Å². The van der Waals surface area contributed by atoms with Gasteiger partial charge in [-0.15, -0.1) is 0 Å². The number of benzene rings is 1. The smallest absolute Gasteiger partial charge is 0.152 e. The lowest BCUT2D eigenvalue weighted by atomic mass is 10.1. The Balaban J connectivity index is 2.46. The third kappa shape index (κ3) is 1.03. The summed E-state index contributed by atoms with van der Waals surface area (Å²) in [6.07, 6.45) is 2.97. The number of phenolic OH excluding ortho intramolecular Hbond substituents is 1. The normalized spacial score (nSPS) is 14.4. The molecule has 3 nitrogen and oxygen atoms in total. The molecule has 3 heteroatoms. The van der Waals surface area contributed by atoms with Crippen LogP contribution in [0.1, 0.15) is 22.5 Å². The molecule has 0 radical (unpaired) electrons. The molecule has 15 heavy (non-hydrogen) atoms. The number of nitrogens with zero attached hydrogens (tertiary/aromatic N) is 1. The van der Waals surface area contributed by atoms with E-state index in [9.17, 15) is 9.90 Å². The number of aldehydes is 1. The summed E-state index contributed by atoms with van der Waals surface area (Å²) in [6, 6.07) is 5.22. The summed E-state index contributed by atoms with van der Waals surface area (Å²) in [5, 5.41) is 10.3. The number of carbonyl (C=O) groups excluding carboxylic acids is 1. The van der Waals surface area contributed by atoms with Crippen molar-refractivity contribution < 1.29 is 9.90 Å². The molecule has 1 aromatic carbocycles. The van der Waals surface area contributed by atoms with Crippen LogP contribution in [0.2, 0.25) is 0 Å². The molecule has 1 aromatic heterocycles. The Morgan fingerprint density at radius 3 is 3.07 bits per heavy atom. The van der Waals surface area contributed by atoms with Crippen molar-refractivity contribution in [3.8, 4) is 5.75 Å². The van der Waals surface area contributed by atoms with E-state index >= 15 is 0 Å². The minimum absolute atomic E-state index is 0.217. The molecule has 0 atom stereocenters. The van der Waals surface area contributed by atoms with E-state index in [1.165, 1.54) is 0 Å². The average molecular weight is 201 g/mol. The van der Waals surface area contributed by atoms with E-state index in [-0.39, 0.29) is 5.75 Å². The number of carbonyl (C=O) groups is 1. The molecule has 1 N–H and O–H groups in total. The third-order valence-corrected chi connectivity index (χ3v) is 3.11. The highest BCUT2D eigenvalue weighted by Gasteiger charge is 2.20. The minimum Gasteiger partial charge on any atom is -0.508 e. The highest BCUT2D eigenvalue weighted by Crippen LogP contribution is 2.32. The van der Waals surface area contributed by atoms with E-state index in [2.05, 4.69) is 4.57 Å². The van der Waals surface area contributed by atoms with Gasteiger partial charge in [0, 0.05) is 28.7 Å². The Bertz CT molecular complexity index is 554. The van der Waals surface area contributed by atoms with E-state index in [1.54, 1.807) is 12.1 Å². The molecule has 0 aliphatic carbocycles. The zero-order valence-electron chi connectivity index (χ0n) is 8.23. The van der Waals surface area contributed by atoms with Gasteiger partial charge in [-0.05, 0) is 31.0 Å². The van der Waals surface area contributed by atoms with Crippen LogP contribution in [0.5, 0.6) is 5.75 Å². The largest absolute Gasteiger partial charge is 0.508 e. The van der Waals surface area contributed by atoms with E-state index in [4.69, 9.17) is 0 Å². The highest BCUT2D eigenvalue weighted by atomic mass is 16.3. The second-order valence-corrected chi connectivity index (χ2v) is 3.93. The molecular formula is C12H11NO2. The van der Waals surface area contributed by atoms with Crippen LogP contribution in [0, 0.1) is 0 Å². The first-order valence-corrected chi connectivity index (χ1v) is 5.10. The van der Waals surface area contributed by atoms with Crippen LogP contribution in [-0.2, 0) is 13.0 Å². The molecule has 1 aliphatic rings. The number of rotatable bonds is 1. The van der Waals surface area contributed by atoms with Crippen LogP contribution in [0.15, 0.2) is 18.2 Å². The Kier molecular flexibility index (Phi) is 1.63. The fourth-order valence-electron chi connectivity index (χ4n) is 2.48. The zero-order chi connectivity index (χ0) is 10.4. The van der Waals surface area contributed by atoms with E-state index in [0.29, 0.717) is 0 Å². The van der Waals surface area contributed by atoms with Crippen LogP contribution in [-0.4, -0.2) is 16.0 Å². The fraction of sp³-hybridized carbons (Fsp3) is 0.250. The number of phenols is 1. The Morgan fingerprint density at radius 2 is 2.27 bits per heavy atom. The fourth-order valence-corrected chi connectivity index (χ4v) is 2.48. The van der Waals surface area contributed by atoms with E-state index < -0.39 is 0 Å². The number of hydrogen-bond acceptors (Lipinski definition) is 2. The Morgan fingerprint density at radius 1 is 1.40 bits per heavy atom. The highest BCUT2D eigenvalue weighted by molar-refractivity contribution is 6.00. The lowest BCUT2D eigenvalue weighted by molar-refractivity contribution is 0.112. The molecule has 0 unspecified atom stereocenters. The maximum absolute atomic E-state index is 11.1.